The van der Waals surface area contributed by atoms with Crippen molar-refractivity contribution in [3.8, 4) is 11.5 Å². The normalized spacial score (nSPS) is 10.8. The van der Waals surface area contributed by atoms with Gasteiger partial charge in [-0.1, -0.05) is 48.5 Å². The van der Waals surface area contributed by atoms with E-state index in [2.05, 4.69) is 10.5 Å². The van der Waals surface area contributed by atoms with Crippen molar-refractivity contribution in [2.24, 2.45) is 5.10 Å². The number of hydrazone groups is 1. The van der Waals surface area contributed by atoms with Crippen molar-refractivity contribution in [3.05, 3.63) is 71.8 Å². The number of rotatable bonds is 6. The van der Waals surface area contributed by atoms with Crippen LogP contribution in [-0.2, 0) is 11.2 Å². The molecule has 3 aromatic rings. The van der Waals surface area contributed by atoms with Gasteiger partial charge >= 0.3 is 0 Å². The summed E-state index contributed by atoms with van der Waals surface area (Å²) in [6, 6.07) is 19.4. The van der Waals surface area contributed by atoms with Gasteiger partial charge in [-0.15, -0.1) is 0 Å². The molecule has 5 heteroatoms. The Morgan fingerprint density at radius 2 is 1.77 bits per heavy atom. The zero-order chi connectivity index (χ0) is 18.4. The quantitative estimate of drug-likeness (QED) is 0.547. The number of nitrogens with one attached hydrogen (secondary N) is 1. The van der Waals surface area contributed by atoms with Crippen LogP contribution in [0.1, 0.15) is 11.1 Å². The van der Waals surface area contributed by atoms with Crippen molar-refractivity contribution < 1.29 is 14.3 Å². The lowest BCUT2D eigenvalue weighted by Gasteiger charge is -2.09. The molecule has 26 heavy (non-hydrogen) atoms. The van der Waals surface area contributed by atoms with Crippen LogP contribution in [-0.4, -0.2) is 26.3 Å². The van der Waals surface area contributed by atoms with Crippen LogP contribution in [0.2, 0.25) is 0 Å². The fourth-order valence-electron chi connectivity index (χ4n) is 2.85. The van der Waals surface area contributed by atoms with Gasteiger partial charge in [0.25, 0.3) is 0 Å². The average molecular weight is 348 g/mol. The summed E-state index contributed by atoms with van der Waals surface area (Å²) >= 11 is 0. The number of ether oxygens (including phenoxy) is 2. The SMILES string of the molecule is COc1cccc(/C=N\NC(=O)Cc2cccc3ccccc23)c1OC. The van der Waals surface area contributed by atoms with E-state index in [1.807, 2.05) is 54.6 Å². The van der Waals surface area contributed by atoms with Gasteiger partial charge in [0.1, 0.15) is 0 Å². The van der Waals surface area contributed by atoms with Gasteiger partial charge in [-0.25, -0.2) is 5.43 Å². The number of benzene rings is 3. The maximum atomic E-state index is 12.2. The second-order valence-electron chi connectivity index (χ2n) is 5.69. The van der Waals surface area contributed by atoms with Crippen molar-refractivity contribution in [1.29, 1.82) is 0 Å². The largest absolute Gasteiger partial charge is 0.493 e. The molecule has 0 aliphatic rings. The molecule has 0 saturated heterocycles. The number of hydrogen-bond acceptors (Lipinski definition) is 4. The zero-order valence-corrected chi connectivity index (χ0v) is 14.7. The Morgan fingerprint density at radius 1 is 1.00 bits per heavy atom. The highest BCUT2D eigenvalue weighted by Crippen LogP contribution is 2.29. The zero-order valence-electron chi connectivity index (χ0n) is 14.7. The number of para-hydroxylation sites is 1. The van der Waals surface area contributed by atoms with Crippen molar-refractivity contribution in [3.63, 3.8) is 0 Å². The molecular formula is C21H20N2O3. The lowest BCUT2D eigenvalue weighted by molar-refractivity contribution is -0.120. The Kier molecular flexibility index (Phi) is 5.49. The molecule has 1 N–H and O–H groups in total. The Balaban J connectivity index is 1.70. The Bertz CT molecular complexity index is 946. The van der Waals surface area contributed by atoms with Crippen LogP contribution < -0.4 is 14.9 Å². The number of carbonyl (C=O) groups is 1. The molecule has 3 aromatic carbocycles. The molecular weight excluding hydrogens is 328 g/mol. The fourth-order valence-corrected chi connectivity index (χ4v) is 2.85. The number of fused-ring (bicyclic) bond motifs is 1. The Labute approximate surface area is 152 Å². The lowest BCUT2D eigenvalue weighted by Crippen LogP contribution is -2.20. The molecule has 0 fully saturated rings. The monoisotopic (exact) mass is 348 g/mol. The molecule has 0 saturated carbocycles. The number of nitrogens with zero attached hydrogens (tertiary/aromatic N) is 1. The van der Waals surface area contributed by atoms with E-state index in [1.54, 1.807) is 26.5 Å². The van der Waals surface area contributed by atoms with Crippen LogP contribution in [0.5, 0.6) is 11.5 Å². The maximum absolute atomic E-state index is 12.2. The molecule has 0 aliphatic heterocycles. The van der Waals surface area contributed by atoms with E-state index < -0.39 is 0 Å². The van der Waals surface area contributed by atoms with E-state index in [-0.39, 0.29) is 12.3 Å². The molecule has 0 atom stereocenters. The van der Waals surface area contributed by atoms with Crippen LogP contribution in [0.3, 0.4) is 0 Å². The summed E-state index contributed by atoms with van der Waals surface area (Å²) in [7, 11) is 3.14. The minimum Gasteiger partial charge on any atom is -0.493 e. The summed E-state index contributed by atoms with van der Waals surface area (Å²) in [4.78, 5) is 12.2. The summed E-state index contributed by atoms with van der Waals surface area (Å²) in [5.74, 6) is 1.00. The van der Waals surface area contributed by atoms with Crippen molar-refractivity contribution in [2.45, 2.75) is 6.42 Å². The molecule has 5 nitrogen and oxygen atoms in total. The second kappa shape index (κ2) is 8.16. The van der Waals surface area contributed by atoms with Gasteiger partial charge in [0, 0.05) is 5.56 Å². The first-order valence-corrected chi connectivity index (χ1v) is 8.22. The first kappa shape index (κ1) is 17.5. The number of methoxy groups -OCH3 is 2. The lowest BCUT2D eigenvalue weighted by atomic mass is 10.0. The molecule has 0 bridgehead atoms. The Morgan fingerprint density at radius 3 is 2.58 bits per heavy atom. The van der Waals surface area contributed by atoms with Gasteiger partial charge in [0.15, 0.2) is 11.5 Å². The maximum Gasteiger partial charge on any atom is 0.244 e. The topological polar surface area (TPSA) is 59.9 Å². The number of hydrogen-bond donors (Lipinski definition) is 1. The molecule has 0 radical (unpaired) electrons. The van der Waals surface area contributed by atoms with E-state index in [1.165, 1.54) is 0 Å². The van der Waals surface area contributed by atoms with Gasteiger partial charge in [-0.2, -0.15) is 5.10 Å². The summed E-state index contributed by atoms with van der Waals surface area (Å²) < 4.78 is 10.6. The summed E-state index contributed by atoms with van der Waals surface area (Å²) in [5, 5.41) is 6.23. The van der Waals surface area contributed by atoms with E-state index in [9.17, 15) is 4.79 Å². The summed E-state index contributed by atoms with van der Waals surface area (Å²) in [6.45, 7) is 0. The van der Waals surface area contributed by atoms with E-state index >= 15 is 0 Å². The van der Waals surface area contributed by atoms with Gasteiger partial charge in [0.05, 0.1) is 26.9 Å². The molecule has 0 aromatic heterocycles. The third kappa shape index (κ3) is 3.83. The summed E-state index contributed by atoms with van der Waals surface area (Å²) in [5.41, 5.74) is 4.25. The number of carbonyl (C=O) groups excluding carboxylic acids is 1. The van der Waals surface area contributed by atoms with Crippen LogP contribution in [0, 0.1) is 0 Å². The van der Waals surface area contributed by atoms with Crippen LogP contribution in [0.15, 0.2) is 65.8 Å². The molecule has 1 amide bonds. The van der Waals surface area contributed by atoms with Gasteiger partial charge in [-0.3, -0.25) is 4.79 Å². The van der Waals surface area contributed by atoms with Crippen LogP contribution >= 0.6 is 0 Å². The highest BCUT2D eigenvalue weighted by molar-refractivity contribution is 5.91. The summed E-state index contributed by atoms with van der Waals surface area (Å²) in [6.07, 6.45) is 1.80. The first-order chi connectivity index (χ1) is 12.7. The molecule has 0 aliphatic carbocycles. The smallest absolute Gasteiger partial charge is 0.244 e. The fraction of sp³-hybridized carbons (Fsp3) is 0.143. The van der Waals surface area contributed by atoms with E-state index in [0.29, 0.717) is 11.5 Å². The van der Waals surface area contributed by atoms with Gasteiger partial charge in [-0.05, 0) is 28.5 Å². The third-order valence-corrected chi connectivity index (χ3v) is 4.06. The molecule has 132 valence electrons. The van der Waals surface area contributed by atoms with E-state index in [4.69, 9.17) is 9.47 Å². The predicted octanol–water partition coefficient (Wildman–Crippen LogP) is 3.55. The average Bonchev–Trinajstić information content (AvgIpc) is 2.68. The molecule has 0 unspecified atom stereocenters. The van der Waals surface area contributed by atoms with Gasteiger partial charge in [0.2, 0.25) is 5.91 Å². The molecule has 0 heterocycles. The first-order valence-electron chi connectivity index (χ1n) is 8.22. The highest BCUT2D eigenvalue weighted by atomic mass is 16.5. The minimum absolute atomic E-state index is 0.181. The number of amides is 1. The molecule has 0 spiro atoms. The predicted molar refractivity (Wildman–Crippen MR) is 103 cm³/mol. The second-order valence-corrected chi connectivity index (χ2v) is 5.69. The van der Waals surface area contributed by atoms with Gasteiger partial charge < -0.3 is 9.47 Å². The highest BCUT2D eigenvalue weighted by Gasteiger charge is 2.08. The van der Waals surface area contributed by atoms with Crippen LogP contribution in [0.4, 0.5) is 0 Å². The minimum atomic E-state index is -0.181. The van der Waals surface area contributed by atoms with Crippen molar-refractivity contribution in [2.75, 3.05) is 14.2 Å². The van der Waals surface area contributed by atoms with Crippen molar-refractivity contribution >= 4 is 22.9 Å². The molecule has 3 rings (SSSR count). The third-order valence-electron chi connectivity index (χ3n) is 4.06. The van der Waals surface area contributed by atoms with Crippen LogP contribution in [0.25, 0.3) is 10.8 Å². The van der Waals surface area contributed by atoms with Crippen molar-refractivity contribution in [1.82, 2.24) is 5.43 Å². The van der Waals surface area contributed by atoms with E-state index in [0.717, 1.165) is 21.9 Å². The standard InChI is InChI=1S/C21H20N2O3/c1-25-19-12-6-10-17(21(19)26-2)14-22-23-20(24)13-16-9-5-8-15-7-3-4-11-18(15)16/h3-12,14H,13H2,1-2H3,(H,23,24)/b22-14-. The Hall–Kier alpha value is -3.34.